The monoisotopic (exact) mass is 328 g/mol. The molecule has 0 fully saturated rings. The van der Waals surface area contributed by atoms with Crippen LogP contribution in [0.4, 0.5) is 11.4 Å². The van der Waals surface area contributed by atoms with Crippen molar-refractivity contribution in [1.29, 1.82) is 0 Å². The molecule has 1 amide bonds. The van der Waals surface area contributed by atoms with E-state index in [1.807, 2.05) is 6.92 Å². The molecule has 0 atom stereocenters. The van der Waals surface area contributed by atoms with Crippen molar-refractivity contribution in [2.45, 2.75) is 27.2 Å². The number of nitro benzene ring substituents is 1. The molecule has 1 N–H and O–H groups in total. The SMILES string of the molecule is CCCOc1ccc(C(=O)Nc2c(C)cc([N+](=O)[O-])cc2C)cc1. The molecule has 0 spiro atoms. The van der Waals surface area contributed by atoms with Crippen LogP contribution in [-0.2, 0) is 0 Å². The molecule has 2 rings (SSSR count). The average molecular weight is 328 g/mol. The number of anilines is 1. The van der Waals surface area contributed by atoms with E-state index in [0.717, 1.165) is 12.2 Å². The molecule has 0 saturated heterocycles. The molecular formula is C18H20N2O4. The Kier molecular flexibility index (Phi) is 5.52. The summed E-state index contributed by atoms with van der Waals surface area (Å²) in [6.45, 7) is 6.12. The Balaban J connectivity index is 2.16. The molecule has 2 aromatic carbocycles. The van der Waals surface area contributed by atoms with Gasteiger partial charge in [-0.15, -0.1) is 0 Å². The van der Waals surface area contributed by atoms with E-state index in [2.05, 4.69) is 5.32 Å². The van der Waals surface area contributed by atoms with Gasteiger partial charge in [0.15, 0.2) is 0 Å². The van der Waals surface area contributed by atoms with E-state index in [9.17, 15) is 14.9 Å². The number of benzene rings is 2. The van der Waals surface area contributed by atoms with Gasteiger partial charge in [-0.2, -0.15) is 0 Å². The van der Waals surface area contributed by atoms with Crippen LogP contribution in [0.2, 0.25) is 0 Å². The largest absolute Gasteiger partial charge is 0.494 e. The van der Waals surface area contributed by atoms with Crippen LogP contribution >= 0.6 is 0 Å². The highest BCUT2D eigenvalue weighted by Crippen LogP contribution is 2.26. The van der Waals surface area contributed by atoms with Crippen molar-refractivity contribution in [3.63, 3.8) is 0 Å². The summed E-state index contributed by atoms with van der Waals surface area (Å²) in [4.78, 5) is 22.8. The predicted molar refractivity (Wildman–Crippen MR) is 92.8 cm³/mol. The van der Waals surface area contributed by atoms with Gasteiger partial charge in [0.1, 0.15) is 5.75 Å². The summed E-state index contributed by atoms with van der Waals surface area (Å²) >= 11 is 0. The Labute approximate surface area is 140 Å². The molecule has 126 valence electrons. The lowest BCUT2D eigenvalue weighted by Crippen LogP contribution is -2.14. The third-order valence-corrected chi connectivity index (χ3v) is 3.56. The van der Waals surface area contributed by atoms with E-state index in [1.54, 1.807) is 38.1 Å². The summed E-state index contributed by atoms with van der Waals surface area (Å²) in [5.74, 6) is 0.452. The molecule has 0 aliphatic carbocycles. The topological polar surface area (TPSA) is 81.5 Å². The maximum absolute atomic E-state index is 12.4. The van der Waals surface area contributed by atoms with Crippen LogP contribution in [0, 0.1) is 24.0 Å². The number of carbonyl (C=O) groups excluding carboxylic acids is 1. The molecule has 6 nitrogen and oxygen atoms in total. The van der Waals surface area contributed by atoms with Crippen LogP contribution in [0.5, 0.6) is 5.75 Å². The normalized spacial score (nSPS) is 10.3. The number of carbonyl (C=O) groups is 1. The molecule has 0 aliphatic rings. The van der Waals surface area contributed by atoms with Crippen LogP contribution in [0.3, 0.4) is 0 Å². The van der Waals surface area contributed by atoms with Gasteiger partial charge in [0, 0.05) is 23.4 Å². The third kappa shape index (κ3) is 4.10. The van der Waals surface area contributed by atoms with E-state index < -0.39 is 4.92 Å². The van der Waals surface area contributed by atoms with Gasteiger partial charge in [0.2, 0.25) is 0 Å². The average Bonchev–Trinajstić information content (AvgIpc) is 2.56. The summed E-state index contributed by atoms with van der Waals surface area (Å²) < 4.78 is 5.49. The molecule has 0 radical (unpaired) electrons. The van der Waals surface area contributed by atoms with Crippen molar-refractivity contribution in [2.75, 3.05) is 11.9 Å². The minimum Gasteiger partial charge on any atom is -0.494 e. The number of ether oxygens (including phenoxy) is 1. The van der Waals surface area contributed by atoms with E-state index in [4.69, 9.17) is 4.74 Å². The summed E-state index contributed by atoms with van der Waals surface area (Å²) in [5, 5.41) is 13.7. The number of rotatable bonds is 6. The highest BCUT2D eigenvalue weighted by Gasteiger charge is 2.14. The molecule has 0 heterocycles. The van der Waals surface area contributed by atoms with Crippen LogP contribution in [0.25, 0.3) is 0 Å². The Hall–Kier alpha value is -2.89. The number of aryl methyl sites for hydroxylation is 2. The van der Waals surface area contributed by atoms with Crippen molar-refractivity contribution in [3.05, 3.63) is 63.2 Å². The quantitative estimate of drug-likeness (QED) is 0.635. The van der Waals surface area contributed by atoms with E-state index in [1.165, 1.54) is 12.1 Å². The first-order valence-electron chi connectivity index (χ1n) is 7.72. The molecule has 0 bridgehead atoms. The van der Waals surface area contributed by atoms with E-state index >= 15 is 0 Å². The molecule has 24 heavy (non-hydrogen) atoms. The Bertz CT molecular complexity index is 731. The van der Waals surface area contributed by atoms with Crippen molar-refractivity contribution >= 4 is 17.3 Å². The van der Waals surface area contributed by atoms with Gasteiger partial charge in [-0.1, -0.05) is 6.92 Å². The fraction of sp³-hybridized carbons (Fsp3) is 0.278. The number of nitro groups is 1. The lowest BCUT2D eigenvalue weighted by Gasteiger charge is -2.12. The molecular weight excluding hydrogens is 308 g/mol. The zero-order valence-electron chi connectivity index (χ0n) is 14.0. The van der Waals surface area contributed by atoms with Gasteiger partial charge in [0.05, 0.1) is 11.5 Å². The first-order chi connectivity index (χ1) is 11.4. The van der Waals surface area contributed by atoms with Gasteiger partial charge >= 0.3 is 0 Å². The van der Waals surface area contributed by atoms with Crippen LogP contribution in [0.1, 0.15) is 34.8 Å². The standard InChI is InChI=1S/C18H20N2O4/c1-4-9-24-16-7-5-14(6-8-16)18(21)19-17-12(2)10-15(20(22)23)11-13(17)3/h5-8,10-11H,4,9H2,1-3H3,(H,19,21). The second kappa shape index (κ2) is 7.59. The zero-order chi connectivity index (χ0) is 17.7. The Morgan fingerprint density at radius 3 is 2.25 bits per heavy atom. The van der Waals surface area contributed by atoms with Gasteiger partial charge < -0.3 is 10.1 Å². The van der Waals surface area contributed by atoms with Gasteiger partial charge in [-0.3, -0.25) is 14.9 Å². The Morgan fingerprint density at radius 1 is 1.17 bits per heavy atom. The number of nitrogens with zero attached hydrogens (tertiary/aromatic N) is 1. The maximum Gasteiger partial charge on any atom is 0.270 e. The lowest BCUT2D eigenvalue weighted by atomic mass is 10.1. The first kappa shape index (κ1) is 17.5. The maximum atomic E-state index is 12.4. The van der Waals surface area contributed by atoms with Gasteiger partial charge in [-0.25, -0.2) is 0 Å². The van der Waals surface area contributed by atoms with Gasteiger partial charge in [-0.05, 0) is 55.7 Å². The number of nitrogens with one attached hydrogen (secondary N) is 1. The minimum atomic E-state index is -0.444. The fourth-order valence-corrected chi connectivity index (χ4v) is 2.35. The predicted octanol–water partition coefficient (Wildman–Crippen LogP) is 4.25. The molecule has 0 unspecified atom stereocenters. The van der Waals surface area contributed by atoms with Crippen molar-refractivity contribution < 1.29 is 14.5 Å². The third-order valence-electron chi connectivity index (χ3n) is 3.56. The second-order valence-corrected chi connectivity index (χ2v) is 5.54. The van der Waals surface area contributed by atoms with Crippen molar-refractivity contribution in [1.82, 2.24) is 0 Å². The van der Waals surface area contributed by atoms with E-state index in [0.29, 0.717) is 29.0 Å². The summed E-state index contributed by atoms with van der Waals surface area (Å²) in [6.07, 6.45) is 0.918. The highest BCUT2D eigenvalue weighted by atomic mass is 16.6. The number of amides is 1. The summed E-state index contributed by atoms with van der Waals surface area (Å²) in [5.41, 5.74) is 2.41. The van der Waals surface area contributed by atoms with Crippen LogP contribution in [0.15, 0.2) is 36.4 Å². The smallest absolute Gasteiger partial charge is 0.270 e. The second-order valence-electron chi connectivity index (χ2n) is 5.54. The zero-order valence-corrected chi connectivity index (χ0v) is 14.0. The summed E-state index contributed by atoms with van der Waals surface area (Å²) in [7, 11) is 0. The molecule has 2 aromatic rings. The van der Waals surface area contributed by atoms with Crippen LogP contribution < -0.4 is 10.1 Å². The molecule has 6 heteroatoms. The number of hydrogen-bond donors (Lipinski definition) is 1. The number of hydrogen-bond acceptors (Lipinski definition) is 4. The summed E-state index contributed by atoms with van der Waals surface area (Å²) in [6, 6.07) is 9.78. The lowest BCUT2D eigenvalue weighted by molar-refractivity contribution is -0.384. The van der Waals surface area contributed by atoms with Crippen molar-refractivity contribution in [3.8, 4) is 5.75 Å². The molecule has 0 saturated carbocycles. The fourth-order valence-electron chi connectivity index (χ4n) is 2.35. The van der Waals surface area contributed by atoms with Crippen molar-refractivity contribution in [2.24, 2.45) is 0 Å². The first-order valence-corrected chi connectivity index (χ1v) is 7.72. The number of non-ortho nitro benzene ring substituents is 1. The van der Waals surface area contributed by atoms with Crippen LogP contribution in [-0.4, -0.2) is 17.4 Å². The van der Waals surface area contributed by atoms with Gasteiger partial charge in [0.25, 0.3) is 11.6 Å². The Morgan fingerprint density at radius 2 is 1.75 bits per heavy atom. The highest BCUT2D eigenvalue weighted by molar-refractivity contribution is 6.05. The molecule has 0 aromatic heterocycles. The van der Waals surface area contributed by atoms with E-state index in [-0.39, 0.29) is 11.6 Å². The minimum absolute atomic E-state index is 0.0143. The molecule has 0 aliphatic heterocycles.